The minimum absolute atomic E-state index is 0.0263. The fraction of sp³-hybridized carbons (Fsp3) is 0.364. The Hall–Kier alpha value is -2.51. The van der Waals surface area contributed by atoms with Crippen molar-refractivity contribution in [1.82, 2.24) is 15.5 Å². The number of thioether (sulfide) groups is 1. The number of nitrogens with zero attached hydrogens (tertiary/aromatic N) is 2. The van der Waals surface area contributed by atoms with E-state index in [0.29, 0.717) is 13.1 Å². The van der Waals surface area contributed by atoms with E-state index in [1.807, 2.05) is 61.1 Å². The minimum Gasteiger partial charge on any atom is -0.357 e. The minimum atomic E-state index is -0.0263. The van der Waals surface area contributed by atoms with E-state index in [4.69, 9.17) is 0 Å². The van der Waals surface area contributed by atoms with E-state index in [1.165, 1.54) is 4.90 Å². The van der Waals surface area contributed by atoms with Gasteiger partial charge in [-0.2, -0.15) is 0 Å². The quantitative estimate of drug-likeness (QED) is 0.242. The summed E-state index contributed by atoms with van der Waals surface area (Å²) in [6, 6.07) is 18.2. The second-order valence-corrected chi connectivity index (χ2v) is 7.94. The second kappa shape index (κ2) is 12.9. The van der Waals surface area contributed by atoms with E-state index in [1.54, 1.807) is 0 Å². The van der Waals surface area contributed by atoms with Gasteiger partial charge < -0.3 is 20.9 Å². The smallest absolute Gasteiger partial charge is 0.238 e. The van der Waals surface area contributed by atoms with Crippen LogP contribution >= 0.6 is 11.8 Å². The summed E-state index contributed by atoms with van der Waals surface area (Å²) in [5.74, 6) is 1.73. The molecule has 0 heterocycles. The van der Waals surface area contributed by atoms with Crippen LogP contribution in [0.5, 0.6) is 0 Å². The first kappa shape index (κ1) is 22.8. The van der Waals surface area contributed by atoms with Crippen molar-refractivity contribution in [3.63, 3.8) is 0 Å². The zero-order valence-corrected chi connectivity index (χ0v) is 18.3. The lowest BCUT2D eigenvalue weighted by molar-refractivity contribution is -0.116. The van der Waals surface area contributed by atoms with Crippen LogP contribution in [0.3, 0.4) is 0 Å². The summed E-state index contributed by atoms with van der Waals surface area (Å²) in [5.41, 5.74) is 1.84. The Morgan fingerprint density at radius 3 is 2.59 bits per heavy atom. The lowest BCUT2D eigenvalue weighted by atomic mass is 10.2. The summed E-state index contributed by atoms with van der Waals surface area (Å²) in [6.45, 7) is 4.58. The maximum absolute atomic E-state index is 11.9. The monoisotopic (exact) mass is 413 g/mol. The van der Waals surface area contributed by atoms with Gasteiger partial charge in [0.2, 0.25) is 5.91 Å². The van der Waals surface area contributed by atoms with Gasteiger partial charge in [0.15, 0.2) is 5.96 Å². The molecule has 0 fully saturated rings. The number of benzene rings is 2. The summed E-state index contributed by atoms with van der Waals surface area (Å²) in [5, 5.41) is 9.57. The number of guanidine groups is 1. The van der Waals surface area contributed by atoms with Crippen LogP contribution in [0.15, 0.2) is 64.5 Å². The highest BCUT2D eigenvalue weighted by Gasteiger charge is 2.04. The number of aliphatic imine (C=N–C) groups is 1. The molecule has 0 aliphatic rings. The van der Waals surface area contributed by atoms with Crippen molar-refractivity contribution in [3.8, 4) is 0 Å². The lowest BCUT2D eigenvalue weighted by Crippen LogP contribution is -2.38. The average Bonchev–Trinajstić information content (AvgIpc) is 2.69. The third-order valence-corrected chi connectivity index (χ3v) is 4.85. The second-order valence-electron chi connectivity index (χ2n) is 6.77. The van der Waals surface area contributed by atoms with Gasteiger partial charge in [-0.15, -0.1) is 11.8 Å². The van der Waals surface area contributed by atoms with E-state index in [2.05, 4.69) is 52.1 Å². The van der Waals surface area contributed by atoms with Crippen molar-refractivity contribution < 1.29 is 4.79 Å². The molecule has 0 radical (unpaired) electrons. The molecule has 1 amide bonds. The third-order valence-electron chi connectivity index (χ3n) is 3.84. The number of amides is 1. The number of carbonyl (C=O) groups is 1. The molecule has 29 heavy (non-hydrogen) atoms. The SMILES string of the molecule is CCNC(=NCc1cccc(NC(=O)CN(C)C)c1)NCCSc1ccccc1. The number of nitrogens with one attached hydrogen (secondary N) is 3. The van der Waals surface area contributed by atoms with Gasteiger partial charge in [-0.25, -0.2) is 4.99 Å². The molecular formula is C22H31N5OS. The van der Waals surface area contributed by atoms with Crippen LogP contribution in [0.2, 0.25) is 0 Å². The summed E-state index contributed by atoms with van der Waals surface area (Å²) < 4.78 is 0. The number of anilines is 1. The molecule has 0 aromatic heterocycles. The van der Waals surface area contributed by atoms with Crippen molar-refractivity contribution >= 4 is 29.3 Å². The Kier molecular flexibility index (Phi) is 10.1. The molecule has 156 valence electrons. The van der Waals surface area contributed by atoms with E-state index in [0.717, 1.165) is 36.1 Å². The van der Waals surface area contributed by atoms with Crippen molar-refractivity contribution in [2.45, 2.75) is 18.4 Å². The number of carbonyl (C=O) groups excluding carboxylic acids is 1. The van der Waals surface area contributed by atoms with Crippen LogP contribution < -0.4 is 16.0 Å². The first-order valence-electron chi connectivity index (χ1n) is 9.80. The molecule has 0 saturated carbocycles. The third kappa shape index (κ3) is 9.49. The molecule has 3 N–H and O–H groups in total. The summed E-state index contributed by atoms with van der Waals surface area (Å²) in [4.78, 5) is 19.7. The van der Waals surface area contributed by atoms with Gasteiger partial charge in [-0.1, -0.05) is 30.3 Å². The zero-order valence-electron chi connectivity index (χ0n) is 17.4. The number of hydrogen-bond acceptors (Lipinski definition) is 4. The first-order valence-corrected chi connectivity index (χ1v) is 10.8. The highest BCUT2D eigenvalue weighted by atomic mass is 32.2. The normalized spacial score (nSPS) is 11.4. The maximum Gasteiger partial charge on any atom is 0.238 e. The van der Waals surface area contributed by atoms with Gasteiger partial charge in [0.25, 0.3) is 0 Å². The van der Waals surface area contributed by atoms with Crippen LogP contribution in [0.4, 0.5) is 5.69 Å². The van der Waals surface area contributed by atoms with Gasteiger partial charge >= 0.3 is 0 Å². The van der Waals surface area contributed by atoms with Crippen LogP contribution in [0.1, 0.15) is 12.5 Å². The summed E-state index contributed by atoms with van der Waals surface area (Å²) in [6.07, 6.45) is 0. The van der Waals surface area contributed by atoms with E-state index in [-0.39, 0.29) is 5.91 Å². The van der Waals surface area contributed by atoms with Crippen molar-refractivity contribution in [1.29, 1.82) is 0 Å². The highest BCUT2D eigenvalue weighted by Crippen LogP contribution is 2.15. The molecule has 0 aliphatic carbocycles. The van der Waals surface area contributed by atoms with Gasteiger partial charge in [-0.05, 0) is 50.8 Å². The Bertz CT molecular complexity index is 780. The van der Waals surface area contributed by atoms with Gasteiger partial charge in [-0.3, -0.25) is 4.79 Å². The molecule has 0 unspecified atom stereocenters. The molecule has 2 aromatic carbocycles. The van der Waals surface area contributed by atoms with Crippen LogP contribution in [-0.2, 0) is 11.3 Å². The Balaban J connectivity index is 1.85. The number of likely N-dealkylation sites (N-methyl/N-ethyl adjacent to an activating group) is 1. The molecule has 0 saturated heterocycles. The molecule has 7 heteroatoms. The molecule has 2 aromatic rings. The summed E-state index contributed by atoms with van der Waals surface area (Å²) in [7, 11) is 3.75. The Morgan fingerprint density at radius 2 is 1.86 bits per heavy atom. The number of hydrogen-bond donors (Lipinski definition) is 3. The Morgan fingerprint density at radius 1 is 1.07 bits per heavy atom. The molecule has 0 spiro atoms. The van der Waals surface area contributed by atoms with E-state index >= 15 is 0 Å². The fourth-order valence-corrected chi connectivity index (χ4v) is 3.39. The predicted molar refractivity (Wildman–Crippen MR) is 124 cm³/mol. The summed E-state index contributed by atoms with van der Waals surface area (Å²) >= 11 is 1.82. The standard InChI is InChI=1S/C22H31N5OS/c1-4-23-22(24-13-14-29-20-11-6-5-7-12-20)25-16-18-9-8-10-19(15-18)26-21(28)17-27(2)3/h5-12,15H,4,13-14,16-17H2,1-3H3,(H,26,28)(H2,23,24,25). The lowest BCUT2D eigenvalue weighted by Gasteiger charge is -2.12. The molecule has 6 nitrogen and oxygen atoms in total. The van der Waals surface area contributed by atoms with Gasteiger partial charge in [0, 0.05) is 29.4 Å². The van der Waals surface area contributed by atoms with Crippen molar-refractivity contribution in [2.75, 3.05) is 44.8 Å². The topological polar surface area (TPSA) is 68.8 Å². The average molecular weight is 414 g/mol. The van der Waals surface area contributed by atoms with Gasteiger partial charge in [0.1, 0.15) is 0 Å². The fourth-order valence-electron chi connectivity index (χ4n) is 2.60. The molecule has 0 atom stereocenters. The Labute approximate surface area is 178 Å². The predicted octanol–water partition coefficient (Wildman–Crippen LogP) is 3.03. The van der Waals surface area contributed by atoms with E-state index < -0.39 is 0 Å². The number of rotatable bonds is 10. The highest BCUT2D eigenvalue weighted by molar-refractivity contribution is 7.99. The van der Waals surface area contributed by atoms with Crippen LogP contribution in [-0.4, -0.2) is 56.2 Å². The zero-order chi connectivity index (χ0) is 20.9. The van der Waals surface area contributed by atoms with Gasteiger partial charge in [0.05, 0.1) is 13.1 Å². The maximum atomic E-state index is 11.9. The molecule has 0 aliphatic heterocycles. The molecular weight excluding hydrogens is 382 g/mol. The molecule has 0 bridgehead atoms. The first-order chi connectivity index (χ1) is 14.1. The van der Waals surface area contributed by atoms with Crippen LogP contribution in [0.25, 0.3) is 0 Å². The largest absolute Gasteiger partial charge is 0.357 e. The van der Waals surface area contributed by atoms with Crippen LogP contribution in [0, 0.1) is 0 Å². The van der Waals surface area contributed by atoms with Crippen molar-refractivity contribution in [2.24, 2.45) is 4.99 Å². The van der Waals surface area contributed by atoms with E-state index in [9.17, 15) is 4.79 Å². The van der Waals surface area contributed by atoms with Crippen molar-refractivity contribution in [3.05, 3.63) is 60.2 Å². The molecule has 2 rings (SSSR count).